The molecule has 2 saturated carbocycles. The molecule has 2 aliphatic carbocycles. The van der Waals surface area contributed by atoms with Gasteiger partial charge in [-0.15, -0.1) is 11.8 Å². The molecule has 1 amide bonds. The number of carbonyl (C=O) groups is 1. The number of alkyl halides is 3. The van der Waals surface area contributed by atoms with E-state index < -0.39 is 11.7 Å². The number of anilines is 1. The van der Waals surface area contributed by atoms with Crippen molar-refractivity contribution in [3.05, 3.63) is 122 Å². The number of hydrogen-bond donors (Lipinski definition) is 1. The summed E-state index contributed by atoms with van der Waals surface area (Å²) in [5.41, 5.74) is 0.457. The smallest absolute Gasteiger partial charge is 0.416 e. The molecule has 5 rings (SSSR count). The Morgan fingerprint density at radius 2 is 1.62 bits per heavy atom. The first-order chi connectivity index (χ1) is 18.5. The van der Waals surface area contributed by atoms with Crippen LogP contribution in [-0.4, -0.2) is 24.5 Å². The van der Waals surface area contributed by atoms with Crippen molar-refractivity contribution in [1.29, 1.82) is 0 Å². The number of aliphatic imine (C=N–C) groups is 1. The zero-order valence-electron chi connectivity index (χ0n) is 22.2. The predicted octanol–water partition coefficient (Wildman–Crippen LogP) is 7.38. The predicted molar refractivity (Wildman–Crippen MR) is 149 cm³/mol. The Bertz CT molecular complexity index is 1150. The molecule has 1 atom stereocenters. The number of hydrogen-bond acceptors (Lipinski definition) is 4. The van der Waals surface area contributed by atoms with Crippen LogP contribution < -0.4 is 5.32 Å². The Kier molecular flexibility index (Phi) is 11.6. The monoisotopic (exact) mass is 606 g/mol. The number of halogens is 3. The number of nitrogens with zero attached hydrogens (tertiary/aromatic N) is 1. The van der Waals surface area contributed by atoms with Gasteiger partial charge in [-0.25, -0.2) is 4.99 Å². The second-order valence-corrected chi connectivity index (χ2v) is 11.1. The van der Waals surface area contributed by atoms with Crippen molar-refractivity contribution >= 4 is 29.3 Å². The third-order valence-corrected chi connectivity index (χ3v) is 7.09. The summed E-state index contributed by atoms with van der Waals surface area (Å²) in [7, 11) is 0. The molecule has 1 heterocycles. The third-order valence-electron chi connectivity index (χ3n) is 6.02. The van der Waals surface area contributed by atoms with Gasteiger partial charge in [-0.1, -0.05) is 39.0 Å². The van der Waals surface area contributed by atoms with Crippen LogP contribution in [0.25, 0.3) is 0 Å². The van der Waals surface area contributed by atoms with Gasteiger partial charge in [0.1, 0.15) is 6.61 Å². The normalized spacial score (nSPS) is 19.8. The minimum absolute atomic E-state index is 0. The second-order valence-electron chi connectivity index (χ2n) is 10.0. The quantitative estimate of drug-likeness (QED) is 0.362. The van der Waals surface area contributed by atoms with E-state index in [0.717, 1.165) is 23.9 Å². The van der Waals surface area contributed by atoms with Crippen LogP contribution in [-0.2, 0) is 32.8 Å². The number of carbonyl (C=O) groups excluding carboxylic acids is 1. The number of ether oxygens (including phenoxy) is 1. The minimum Gasteiger partial charge on any atom is -0.475 e. The number of nitrogens with one attached hydrogen (secondary N) is 1. The summed E-state index contributed by atoms with van der Waals surface area (Å²) in [4.78, 5) is 18.2. The summed E-state index contributed by atoms with van der Waals surface area (Å²) < 4.78 is 45.0. The molecule has 2 fully saturated rings. The van der Waals surface area contributed by atoms with Crippen LogP contribution in [0.5, 0.6) is 0 Å². The maximum Gasteiger partial charge on any atom is 0.416 e. The Morgan fingerprint density at radius 3 is 2.25 bits per heavy atom. The fourth-order valence-electron chi connectivity index (χ4n) is 3.80. The number of benzene rings is 2. The second kappa shape index (κ2) is 14.3. The van der Waals surface area contributed by atoms with Crippen molar-refractivity contribution in [1.82, 2.24) is 0 Å². The maximum atomic E-state index is 13.1. The van der Waals surface area contributed by atoms with Gasteiger partial charge in [-0.2, -0.15) is 13.2 Å². The van der Waals surface area contributed by atoms with Crippen LogP contribution in [0, 0.1) is 67.9 Å². The number of amides is 1. The van der Waals surface area contributed by atoms with Gasteiger partial charge in [0.25, 0.3) is 0 Å². The largest absolute Gasteiger partial charge is 0.475 e. The van der Waals surface area contributed by atoms with E-state index in [-0.39, 0.29) is 34.4 Å². The molecule has 9 heteroatoms. The fourth-order valence-corrected chi connectivity index (χ4v) is 4.80. The van der Waals surface area contributed by atoms with Gasteiger partial charge in [0.2, 0.25) is 11.8 Å². The van der Waals surface area contributed by atoms with Crippen molar-refractivity contribution in [3.8, 4) is 0 Å². The molecule has 2 aromatic carbocycles. The van der Waals surface area contributed by atoms with Crippen LogP contribution in [0.2, 0.25) is 0 Å². The van der Waals surface area contributed by atoms with Crippen LogP contribution in [0.4, 0.5) is 18.9 Å². The molecule has 10 radical (unpaired) electrons. The Balaban J connectivity index is 0.000000662. The SMILES string of the molecule is CC(C)(C)[C@H]1COC(c2ccccc2NC(=O)[C]2[CH][CH][CH][C]2Sc2cccc(C(F)(F)F)c2)=N1.[CH]1[CH][CH][CH][CH]1.[Fe]. The van der Waals surface area contributed by atoms with Gasteiger partial charge in [0.15, 0.2) is 0 Å². The molecule has 40 heavy (non-hydrogen) atoms. The van der Waals surface area contributed by atoms with Gasteiger partial charge < -0.3 is 10.1 Å². The van der Waals surface area contributed by atoms with Gasteiger partial charge in [-0.05, 0) is 87.1 Å². The van der Waals surface area contributed by atoms with Crippen molar-refractivity contribution in [2.45, 2.75) is 37.9 Å². The Morgan fingerprint density at radius 1 is 0.950 bits per heavy atom. The molecule has 0 bridgehead atoms. The first-order valence-electron chi connectivity index (χ1n) is 12.4. The molecule has 2 aromatic rings. The van der Waals surface area contributed by atoms with Gasteiger partial charge >= 0.3 is 6.18 Å². The average molecular weight is 606 g/mol. The molecule has 210 valence electrons. The van der Waals surface area contributed by atoms with Crippen molar-refractivity contribution < 1.29 is 39.8 Å². The first-order valence-corrected chi connectivity index (χ1v) is 13.2. The van der Waals surface area contributed by atoms with Crippen LogP contribution in [0.15, 0.2) is 58.4 Å². The van der Waals surface area contributed by atoms with Crippen LogP contribution in [0.1, 0.15) is 31.9 Å². The third kappa shape index (κ3) is 8.77. The van der Waals surface area contributed by atoms with Crippen LogP contribution >= 0.6 is 11.8 Å². The Hall–Kier alpha value is -1.96. The standard InChI is InChI=1S/C26H24F3N2O2S.C5H5.Fe/c1-25(2,3)22-15-33-24(31-22)18-10-4-5-12-20(18)30-23(32)19-11-7-13-21(19)34-17-9-6-8-16(14-17)26(27,28)29;1-2-4-5-3-1;/h4-14,22H,15H2,1-3H3,(H,30,32);1-5H;/t22-;;/m1../s1. The summed E-state index contributed by atoms with van der Waals surface area (Å²) in [5, 5.41) is 3.48. The molecular formula is C31H29F3FeN2O2S. The summed E-state index contributed by atoms with van der Waals surface area (Å²) in [6.07, 6.45) is 10.6. The van der Waals surface area contributed by atoms with E-state index in [0.29, 0.717) is 39.8 Å². The van der Waals surface area contributed by atoms with E-state index in [1.165, 1.54) is 6.07 Å². The summed E-state index contributed by atoms with van der Waals surface area (Å²) >= 11 is 1.11. The maximum absolute atomic E-state index is 13.1. The zero-order chi connectivity index (χ0) is 28.0. The zero-order valence-corrected chi connectivity index (χ0v) is 24.1. The molecule has 0 saturated heterocycles. The number of para-hydroxylation sites is 1. The average Bonchev–Trinajstić information content (AvgIpc) is 3.67. The molecule has 1 aliphatic heterocycles. The summed E-state index contributed by atoms with van der Waals surface area (Å²) in [5.74, 6) is 0.494. The van der Waals surface area contributed by atoms with Crippen molar-refractivity contribution in [3.63, 3.8) is 0 Å². The van der Waals surface area contributed by atoms with E-state index in [4.69, 9.17) is 9.73 Å². The van der Waals surface area contributed by atoms with Gasteiger partial charge in [-0.3, -0.25) is 4.79 Å². The summed E-state index contributed by atoms with van der Waals surface area (Å²) in [6, 6.07) is 12.3. The molecule has 4 nitrogen and oxygen atoms in total. The summed E-state index contributed by atoms with van der Waals surface area (Å²) in [6.45, 7) is 6.77. The van der Waals surface area contributed by atoms with E-state index in [1.54, 1.807) is 37.5 Å². The van der Waals surface area contributed by atoms with Gasteiger partial charge in [0.05, 0.1) is 34.0 Å². The Labute approximate surface area is 250 Å². The molecule has 1 N–H and O–H groups in total. The van der Waals surface area contributed by atoms with Crippen molar-refractivity contribution in [2.75, 3.05) is 11.9 Å². The van der Waals surface area contributed by atoms with E-state index >= 15 is 0 Å². The van der Waals surface area contributed by atoms with E-state index in [2.05, 4.69) is 26.1 Å². The van der Waals surface area contributed by atoms with Crippen molar-refractivity contribution in [2.24, 2.45) is 10.4 Å². The number of thioether (sulfide) groups is 1. The molecule has 0 unspecified atom stereocenters. The molecule has 3 aliphatic rings. The molecular weight excluding hydrogens is 577 g/mol. The molecule has 0 spiro atoms. The topological polar surface area (TPSA) is 50.7 Å². The van der Waals surface area contributed by atoms with Gasteiger partial charge in [0, 0.05) is 22.0 Å². The first kappa shape index (κ1) is 32.6. The van der Waals surface area contributed by atoms with Crippen LogP contribution in [0.3, 0.4) is 0 Å². The van der Waals surface area contributed by atoms with E-state index in [9.17, 15) is 18.0 Å². The molecule has 0 aromatic heterocycles. The minimum atomic E-state index is -4.43. The number of rotatable bonds is 5. The fraction of sp³-hybridized carbons (Fsp3) is 0.226. The van der Waals surface area contributed by atoms with E-state index in [1.807, 2.05) is 44.2 Å².